The van der Waals surface area contributed by atoms with Gasteiger partial charge in [0.15, 0.2) is 5.11 Å². The molecule has 4 nitrogen and oxygen atoms in total. The number of nitriles is 1. The van der Waals surface area contributed by atoms with Crippen LogP contribution >= 0.6 is 12.2 Å². The average molecular weight is 323 g/mol. The first kappa shape index (κ1) is 16.7. The van der Waals surface area contributed by atoms with Gasteiger partial charge < -0.3 is 4.90 Å². The highest BCUT2D eigenvalue weighted by Crippen LogP contribution is 2.26. The third kappa shape index (κ3) is 3.93. The lowest BCUT2D eigenvalue weighted by Gasteiger charge is -2.24. The Labute approximate surface area is 141 Å². The zero-order chi connectivity index (χ0) is 16.8. The molecule has 1 atom stereocenters. The van der Waals surface area contributed by atoms with Gasteiger partial charge in [0, 0.05) is 18.3 Å². The Hall–Kier alpha value is -2.71. The number of anilines is 1. The second-order valence-electron chi connectivity index (χ2n) is 5.09. The van der Waals surface area contributed by atoms with Gasteiger partial charge >= 0.3 is 0 Å². The van der Waals surface area contributed by atoms with E-state index in [4.69, 9.17) is 17.5 Å². The number of nitrogens with one attached hydrogen (secondary N) is 1. The van der Waals surface area contributed by atoms with Gasteiger partial charge in [-0.25, -0.2) is 0 Å². The molecular formula is C18H17N3OS. The molecule has 5 heteroatoms. The maximum absolute atomic E-state index is 12.2. The largest absolute Gasteiger partial charge is 0.321 e. The fourth-order valence-corrected chi connectivity index (χ4v) is 2.37. The molecule has 0 bridgehead atoms. The van der Waals surface area contributed by atoms with Crippen molar-refractivity contribution in [1.82, 2.24) is 5.32 Å². The second kappa shape index (κ2) is 7.52. The molecule has 0 aliphatic heterocycles. The molecule has 0 saturated heterocycles. The molecule has 1 amide bonds. The lowest BCUT2D eigenvalue weighted by molar-refractivity contribution is 0.0977. The van der Waals surface area contributed by atoms with Gasteiger partial charge in [0.25, 0.3) is 5.91 Å². The molecule has 1 unspecified atom stereocenters. The number of nitrogens with zero attached hydrogens (tertiary/aromatic N) is 2. The first-order chi connectivity index (χ1) is 11.0. The van der Waals surface area contributed by atoms with Gasteiger partial charge in [-0.15, -0.1) is 0 Å². The molecule has 0 aliphatic carbocycles. The molecule has 1 N–H and O–H groups in total. The molecule has 23 heavy (non-hydrogen) atoms. The number of thiocarbonyl (C=S) groups is 1. The molecule has 2 aromatic carbocycles. The molecule has 0 radical (unpaired) electrons. The van der Waals surface area contributed by atoms with Crippen molar-refractivity contribution < 1.29 is 4.79 Å². The summed E-state index contributed by atoms with van der Waals surface area (Å²) in [6, 6.07) is 18.6. The molecule has 2 rings (SSSR count). The quantitative estimate of drug-likeness (QED) is 0.879. The monoisotopic (exact) mass is 323 g/mol. The molecule has 0 saturated carbocycles. The number of hydrogen-bond acceptors (Lipinski definition) is 3. The van der Waals surface area contributed by atoms with E-state index in [-0.39, 0.29) is 16.9 Å². The van der Waals surface area contributed by atoms with Crippen LogP contribution in [0.1, 0.15) is 28.8 Å². The van der Waals surface area contributed by atoms with Crippen LogP contribution in [0.3, 0.4) is 0 Å². The van der Waals surface area contributed by atoms with Gasteiger partial charge in [0.1, 0.15) is 0 Å². The van der Waals surface area contributed by atoms with Crippen LogP contribution in [0.15, 0.2) is 54.6 Å². The lowest BCUT2D eigenvalue weighted by Crippen LogP contribution is -2.41. The normalized spacial score (nSPS) is 11.2. The predicted molar refractivity (Wildman–Crippen MR) is 95.4 cm³/mol. The maximum Gasteiger partial charge on any atom is 0.257 e. The Morgan fingerprint density at radius 3 is 2.43 bits per heavy atom. The summed E-state index contributed by atoms with van der Waals surface area (Å²) in [6.45, 7) is 1.83. The molecule has 2 aromatic rings. The van der Waals surface area contributed by atoms with E-state index in [1.54, 1.807) is 36.2 Å². The number of amides is 1. The van der Waals surface area contributed by atoms with E-state index < -0.39 is 0 Å². The van der Waals surface area contributed by atoms with E-state index in [1.165, 1.54) is 0 Å². The minimum atomic E-state index is -0.263. The Balaban J connectivity index is 2.18. The number of carbonyl (C=O) groups is 1. The Morgan fingerprint density at radius 1 is 1.17 bits per heavy atom. The number of benzene rings is 2. The Kier molecular flexibility index (Phi) is 5.45. The molecule has 0 heterocycles. The molecule has 0 fully saturated rings. The molecule has 0 aromatic heterocycles. The van der Waals surface area contributed by atoms with Crippen LogP contribution in [-0.2, 0) is 0 Å². The Bertz CT molecular complexity index is 752. The zero-order valence-corrected chi connectivity index (χ0v) is 13.8. The summed E-state index contributed by atoms with van der Waals surface area (Å²) < 4.78 is 0. The number of hydrogen-bond donors (Lipinski definition) is 1. The highest BCUT2D eigenvalue weighted by molar-refractivity contribution is 7.80. The van der Waals surface area contributed by atoms with E-state index in [0.717, 1.165) is 11.3 Å². The summed E-state index contributed by atoms with van der Waals surface area (Å²) in [5, 5.41) is 12.2. The summed E-state index contributed by atoms with van der Waals surface area (Å²) in [7, 11) is 1.77. The van der Waals surface area contributed by atoms with Gasteiger partial charge in [-0.05, 0) is 42.9 Å². The van der Waals surface area contributed by atoms with Crippen LogP contribution in [0.25, 0.3) is 0 Å². The van der Waals surface area contributed by atoms with Crippen LogP contribution in [0.2, 0.25) is 0 Å². The van der Waals surface area contributed by atoms with E-state index >= 15 is 0 Å². The van der Waals surface area contributed by atoms with Crippen molar-refractivity contribution in [1.29, 1.82) is 5.26 Å². The summed E-state index contributed by atoms with van der Waals surface area (Å²) in [4.78, 5) is 13.9. The summed E-state index contributed by atoms with van der Waals surface area (Å²) >= 11 is 5.33. The minimum absolute atomic E-state index is 0.256. The second-order valence-corrected chi connectivity index (χ2v) is 5.48. The van der Waals surface area contributed by atoms with E-state index in [0.29, 0.717) is 5.56 Å². The van der Waals surface area contributed by atoms with Crippen molar-refractivity contribution in [2.45, 2.75) is 12.8 Å². The molecule has 116 valence electrons. The number of para-hydroxylation sites is 1. The van der Waals surface area contributed by atoms with Gasteiger partial charge in [-0.2, -0.15) is 5.26 Å². The lowest BCUT2D eigenvalue weighted by atomic mass is 10.0. The van der Waals surface area contributed by atoms with Crippen molar-refractivity contribution in [2.75, 3.05) is 11.9 Å². The third-order valence-corrected chi connectivity index (χ3v) is 3.90. The van der Waals surface area contributed by atoms with Crippen molar-refractivity contribution in [3.8, 4) is 6.07 Å². The predicted octanol–water partition coefficient (Wildman–Crippen LogP) is 3.46. The maximum atomic E-state index is 12.2. The highest BCUT2D eigenvalue weighted by Gasteiger charge is 2.17. The van der Waals surface area contributed by atoms with Crippen LogP contribution in [0, 0.1) is 11.3 Å². The van der Waals surface area contributed by atoms with Crippen LogP contribution < -0.4 is 10.2 Å². The smallest absolute Gasteiger partial charge is 0.257 e. The van der Waals surface area contributed by atoms with Crippen molar-refractivity contribution in [3.63, 3.8) is 0 Å². The zero-order valence-electron chi connectivity index (χ0n) is 13.0. The first-order valence-electron chi connectivity index (χ1n) is 7.17. The fourth-order valence-electron chi connectivity index (χ4n) is 2.18. The topological polar surface area (TPSA) is 56.1 Å². The van der Waals surface area contributed by atoms with Gasteiger partial charge in [0.2, 0.25) is 0 Å². The summed E-state index contributed by atoms with van der Waals surface area (Å²) in [6.07, 6.45) is 0. The molecule has 0 spiro atoms. The van der Waals surface area contributed by atoms with E-state index in [2.05, 4.69) is 11.4 Å². The van der Waals surface area contributed by atoms with Crippen molar-refractivity contribution >= 4 is 28.9 Å². The average Bonchev–Trinajstić information content (AvgIpc) is 2.61. The number of rotatable bonds is 3. The fraction of sp³-hybridized carbons (Fsp3) is 0.167. The highest BCUT2D eigenvalue weighted by atomic mass is 32.1. The van der Waals surface area contributed by atoms with Crippen molar-refractivity contribution in [3.05, 3.63) is 65.7 Å². The summed E-state index contributed by atoms with van der Waals surface area (Å²) in [5.41, 5.74) is 2.22. The Morgan fingerprint density at radius 2 is 1.78 bits per heavy atom. The minimum Gasteiger partial charge on any atom is -0.321 e. The van der Waals surface area contributed by atoms with Crippen LogP contribution in [-0.4, -0.2) is 18.1 Å². The van der Waals surface area contributed by atoms with Gasteiger partial charge in [-0.1, -0.05) is 36.4 Å². The van der Waals surface area contributed by atoms with Crippen molar-refractivity contribution in [2.24, 2.45) is 0 Å². The SMILES string of the molecule is CC(C#N)c1ccccc1N(C)C(=S)NC(=O)c1ccccc1. The number of carbonyl (C=O) groups excluding carboxylic acids is 1. The van der Waals surface area contributed by atoms with Crippen LogP contribution in [0.4, 0.5) is 5.69 Å². The van der Waals surface area contributed by atoms with E-state index in [9.17, 15) is 4.79 Å². The van der Waals surface area contributed by atoms with Gasteiger partial charge in [0.05, 0.1) is 12.0 Å². The first-order valence-corrected chi connectivity index (χ1v) is 7.58. The molecule has 0 aliphatic rings. The standard InChI is InChI=1S/C18H17N3OS/c1-13(12-19)15-10-6-7-11-16(15)21(2)18(23)20-17(22)14-8-4-3-5-9-14/h3-11,13H,1-2H3,(H,20,22,23). The summed E-state index contributed by atoms with van der Waals surface area (Å²) in [5.74, 6) is -0.519. The molecular weight excluding hydrogens is 306 g/mol. The van der Waals surface area contributed by atoms with Crippen LogP contribution in [0.5, 0.6) is 0 Å². The third-order valence-electron chi connectivity index (χ3n) is 3.52. The van der Waals surface area contributed by atoms with Gasteiger partial charge in [-0.3, -0.25) is 10.1 Å². The van der Waals surface area contributed by atoms with E-state index in [1.807, 2.05) is 37.3 Å².